The van der Waals surface area contributed by atoms with Crippen LogP contribution in [0.1, 0.15) is 40.0 Å². The molecule has 0 aromatic rings. The van der Waals surface area contributed by atoms with E-state index in [9.17, 15) is 13.5 Å². The summed E-state index contributed by atoms with van der Waals surface area (Å²) < 4.78 is 25.2. The fourth-order valence-corrected chi connectivity index (χ4v) is 3.28. The molecular formula is C13H28N2O3S. The lowest BCUT2D eigenvalue weighted by atomic mass is 9.90. The topological polar surface area (TPSA) is 69.6 Å². The Labute approximate surface area is 117 Å². The monoisotopic (exact) mass is 292 g/mol. The van der Waals surface area contributed by atoms with Gasteiger partial charge in [0.2, 0.25) is 10.0 Å². The van der Waals surface area contributed by atoms with E-state index in [0.717, 1.165) is 32.4 Å². The molecule has 0 aliphatic carbocycles. The summed E-state index contributed by atoms with van der Waals surface area (Å²) in [6.07, 6.45) is 2.65. The molecule has 3 atom stereocenters. The second kappa shape index (κ2) is 7.57. The Bertz CT molecular complexity index is 357. The van der Waals surface area contributed by atoms with Gasteiger partial charge in [-0.15, -0.1) is 0 Å². The van der Waals surface area contributed by atoms with Crippen molar-refractivity contribution in [2.24, 2.45) is 5.92 Å². The largest absolute Gasteiger partial charge is 0.392 e. The van der Waals surface area contributed by atoms with Crippen LogP contribution < -0.4 is 4.72 Å². The number of hydrogen-bond acceptors (Lipinski definition) is 4. The highest BCUT2D eigenvalue weighted by Crippen LogP contribution is 2.24. The van der Waals surface area contributed by atoms with E-state index in [-0.39, 0.29) is 17.9 Å². The van der Waals surface area contributed by atoms with Crippen LogP contribution in [0.5, 0.6) is 0 Å². The van der Waals surface area contributed by atoms with Crippen LogP contribution in [-0.2, 0) is 10.0 Å². The predicted molar refractivity (Wildman–Crippen MR) is 77.5 cm³/mol. The van der Waals surface area contributed by atoms with E-state index < -0.39 is 10.0 Å². The summed E-state index contributed by atoms with van der Waals surface area (Å²) in [6, 6.07) is 0.214. The highest BCUT2D eigenvalue weighted by molar-refractivity contribution is 7.89. The third-order valence-electron chi connectivity index (χ3n) is 3.90. The molecule has 19 heavy (non-hydrogen) atoms. The maximum Gasteiger partial charge on any atom is 0.211 e. The van der Waals surface area contributed by atoms with E-state index >= 15 is 0 Å². The van der Waals surface area contributed by atoms with E-state index in [1.165, 1.54) is 0 Å². The van der Waals surface area contributed by atoms with E-state index in [4.69, 9.17) is 0 Å². The molecule has 0 saturated carbocycles. The van der Waals surface area contributed by atoms with Crippen molar-refractivity contribution in [3.63, 3.8) is 0 Å². The molecule has 1 fully saturated rings. The van der Waals surface area contributed by atoms with Gasteiger partial charge in [-0.2, -0.15) is 0 Å². The third kappa shape index (κ3) is 5.77. The summed E-state index contributed by atoms with van der Waals surface area (Å²) in [5, 5.41) is 9.84. The van der Waals surface area contributed by atoms with Crippen LogP contribution in [0.25, 0.3) is 0 Å². The molecule has 114 valence electrons. The van der Waals surface area contributed by atoms with Gasteiger partial charge in [0.15, 0.2) is 0 Å². The third-order valence-corrected chi connectivity index (χ3v) is 5.31. The van der Waals surface area contributed by atoms with E-state index in [1.54, 1.807) is 6.92 Å². The van der Waals surface area contributed by atoms with Crippen LogP contribution in [0.4, 0.5) is 0 Å². The van der Waals surface area contributed by atoms with Crippen LogP contribution in [0.15, 0.2) is 0 Å². The second-order valence-electron chi connectivity index (χ2n) is 5.62. The van der Waals surface area contributed by atoms with Crippen LogP contribution in [-0.4, -0.2) is 56.0 Å². The summed E-state index contributed by atoms with van der Waals surface area (Å²) in [5.74, 6) is 0.791. The molecule has 0 bridgehead atoms. The molecule has 1 heterocycles. The van der Waals surface area contributed by atoms with Crippen molar-refractivity contribution >= 4 is 10.0 Å². The summed E-state index contributed by atoms with van der Waals surface area (Å²) in [4.78, 5) is 2.30. The van der Waals surface area contributed by atoms with Crippen molar-refractivity contribution < 1.29 is 13.5 Å². The fourth-order valence-electron chi connectivity index (χ4n) is 2.62. The number of aliphatic hydroxyl groups excluding tert-OH is 1. The van der Waals surface area contributed by atoms with Gasteiger partial charge in [0.05, 0.1) is 11.9 Å². The van der Waals surface area contributed by atoms with Gasteiger partial charge in [-0.25, -0.2) is 13.1 Å². The zero-order chi connectivity index (χ0) is 14.5. The van der Waals surface area contributed by atoms with Crippen molar-refractivity contribution in [1.82, 2.24) is 9.62 Å². The highest BCUT2D eigenvalue weighted by atomic mass is 32.2. The first-order valence-corrected chi connectivity index (χ1v) is 8.90. The number of rotatable bonds is 7. The molecule has 0 unspecified atom stereocenters. The Morgan fingerprint density at radius 3 is 2.74 bits per heavy atom. The van der Waals surface area contributed by atoms with Crippen LogP contribution in [0.3, 0.4) is 0 Å². The van der Waals surface area contributed by atoms with Gasteiger partial charge in [0.1, 0.15) is 0 Å². The normalized spacial score (nSPS) is 27.4. The quantitative estimate of drug-likeness (QED) is 0.681. The van der Waals surface area contributed by atoms with Crippen LogP contribution in [0, 0.1) is 5.92 Å². The number of nitrogens with one attached hydrogen (secondary N) is 1. The predicted octanol–water partition coefficient (Wildman–Crippen LogP) is 0.797. The molecule has 1 rings (SSSR count). The molecule has 1 saturated heterocycles. The van der Waals surface area contributed by atoms with Gasteiger partial charge in [-0.05, 0) is 52.1 Å². The van der Waals surface area contributed by atoms with Gasteiger partial charge in [0, 0.05) is 12.6 Å². The average Bonchev–Trinajstić information content (AvgIpc) is 2.36. The van der Waals surface area contributed by atoms with E-state index in [1.807, 2.05) is 6.92 Å². The molecule has 2 N–H and O–H groups in total. The maximum absolute atomic E-state index is 11.3. The molecule has 6 heteroatoms. The van der Waals surface area contributed by atoms with Gasteiger partial charge in [-0.3, -0.25) is 4.90 Å². The number of sulfonamides is 1. The Morgan fingerprint density at radius 2 is 2.16 bits per heavy atom. The molecule has 0 radical (unpaired) electrons. The Kier molecular flexibility index (Phi) is 6.73. The van der Waals surface area contributed by atoms with Crippen molar-refractivity contribution in [3.05, 3.63) is 0 Å². The van der Waals surface area contributed by atoms with Crippen molar-refractivity contribution in [3.8, 4) is 0 Å². The van der Waals surface area contributed by atoms with E-state index in [2.05, 4.69) is 16.5 Å². The van der Waals surface area contributed by atoms with Gasteiger partial charge < -0.3 is 5.11 Å². The molecule has 0 aromatic carbocycles. The minimum absolute atomic E-state index is 0.129. The maximum atomic E-state index is 11.3. The Balaban J connectivity index is 2.35. The number of likely N-dealkylation sites (tertiary alicyclic amines) is 1. The highest BCUT2D eigenvalue weighted by Gasteiger charge is 2.29. The SMILES string of the molecule is CCS(=O)(=O)NCCCN1CC[C@H](C)C[C@H]1[C@@H](C)O. The number of nitrogens with zero attached hydrogens (tertiary/aromatic N) is 1. The Morgan fingerprint density at radius 1 is 1.47 bits per heavy atom. The average molecular weight is 292 g/mol. The molecule has 1 aliphatic heterocycles. The molecule has 0 amide bonds. The minimum Gasteiger partial charge on any atom is -0.392 e. The number of aliphatic hydroxyl groups is 1. The summed E-state index contributed by atoms with van der Waals surface area (Å²) >= 11 is 0. The van der Waals surface area contributed by atoms with Crippen LogP contribution in [0.2, 0.25) is 0 Å². The lowest BCUT2D eigenvalue weighted by Crippen LogP contribution is -2.48. The van der Waals surface area contributed by atoms with Crippen molar-refractivity contribution in [2.75, 3.05) is 25.4 Å². The number of piperidine rings is 1. The van der Waals surface area contributed by atoms with E-state index in [0.29, 0.717) is 12.5 Å². The Hall–Kier alpha value is -0.170. The second-order valence-corrected chi connectivity index (χ2v) is 7.72. The molecule has 1 aliphatic rings. The number of hydrogen-bond donors (Lipinski definition) is 2. The summed E-state index contributed by atoms with van der Waals surface area (Å²) in [5.41, 5.74) is 0. The van der Waals surface area contributed by atoms with Crippen molar-refractivity contribution in [2.45, 2.75) is 52.2 Å². The first kappa shape index (κ1) is 16.9. The standard InChI is InChI=1S/C13H28N2O3S/c1-4-19(17,18)14-7-5-8-15-9-6-11(2)10-13(15)12(3)16/h11-14,16H,4-10H2,1-3H3/t11-,12+,13-/m0/s1. The lowest BCUT2D eigenvalue weighted by Gasteiger charge is -2.40. The lowest BCUT2D eigenvalue weighted by molar-refractivity contribution is 0.0208. The minimum atomic E-state index is -3.08. The molecule has 0 aromatic heterocycles. The van der Waals surface area contributed by atoms with Crippen LogP contribution >= 0.6 is 0 Å². The first-order valence-electron chi connectivity index (χ1n) is 7.25. The molecular weight excluding hydrogens is 264 g/mol. The first-order chi connectivity index (χ1) is 8.85. The summed E-state index contributed by atoms with van der Waals surface area (Å²) in [7, 11) is -3.08. The summed E-state index contributed by atoms with van der Waals surface area (Å²) in [6.45, 7) is 8.02. The van der Waals surface area contributed by atoms with Crippen molar-refractivity contribution in [1.29, 1.82) is 0 Å². The molecule has 0 spiro atoms. The zero-order valence-electron chi connectivity index (χ0n) is 12.3. The fraction of sp³-hybridized carbons (Fsp3) is 1.00. The van der Waals surface area contributed by atoms with Gasteiger partial charge in [0.25, 0.3) is 0 Å². The zero-order valence-corrected chi connectivity index (χ0v) is 13.1. The van der Waals surface area contributed by atoms with Gasteiger partial charge >= 0.3 is 0 Å². The molecule has 5 nitrogen and oxygen atoms in total. The smallest absolute Gasteiger partial charge is 0.211 e. The van der Waals surface area contributed by atoms with Gasteiger partial charge in [-0.1, -0.05) is 6.92 Å².